The molecule has 1 saturated heterocycles. The van der Waals surface area contributed by atoms with Crippen LogP contribution < -0.4 is 4.74 Å². The van der Waals surface area contributed by atoms with E-state index in [0.29, 0.717) is 18.9 Å². The number of likely N-dealkylation sites (tertiary alicyclic amines) is 1. The zero-order valence-corrected chi connectivity index (χ0v) is 9.81. The standard InChI is InChI=1S/C13H18FNO2/c14-12-5-1-2-6-13(12)17-9-8-15-7-3-4-11(16)10-15/h1-2,5-6,11,16H,3-4,7-10H2/t11-/m0/s1. The van der Waals surface area contributed by atoms with Crippen LogP contribution in [0.4, 0.5) is 4.39 Å². The van der Waals surface area contributed by atoms with Gasteiger partial charge in [-0.1, -0.05) is 12.1 Å². The number of halogens is 1. The van der Waals surface area contributed by atoms with Gasteiger partial charge < -0.3 is 9.84 Å². The molecule has 1 aromatic carbocycles. The molecule has 1 aromatic rings. The quantitative estimate of drug-likeness (QED) is 0.867. The van der Waals surface area contributed by atoms with E-state index in [4.69, 9.17) is 4.74 Å². The van der Waals surface area contributed by atoms with Crippen molar-refractivity contribution in [2.24, 2.45) is 0 Å². The Morgan fingerprint density at radius 1 is 1.41 bits per heavy atom. The van der Waals surface area contributed by atoms with Gasteiger partial charge in [-0.2, -0.15) is 0 Å². The first-order chi connectivity index (χ1) is 8.25. The third kappa shape index (κ3) is 3.68. The highest BCUT2D eigenvalue weighted by molar-refractivity contribution is 5.23. The summed E-state index contributed by atoms with van der Waals surface area (Å²) in [6.07, 6.45) is 1.67. The van der Waals surface area contributed by atoms with Gasteiger partial charge in [0, 0.05) is 13.1 Å². The zero-order chi connectivity index (χ0) is 12.1. The highest BCUT2D eigenvalue weighted by Crippen LogP contribution is 2.15. The fourth-order valence-electron chi connectivity index (χ4n) is 2.08. The lowest BCUT2D eigenvalue weighted by Crippen LogP contribution is -2.40. The summed E-state index contributed by atoms with van der Waals surface area (Å²) < 4.78 is 18.6. The highest BCUT2D eigenvalue weighted by Gasteiger charge is 2.17. The van der Waals surface area contributed by atoms with Crippen molar-refractivity contribution in [1.82, 2.24) is 4.90 Å². The molecule has 1 aliphatic heterocycles. The first-order valence-electron chi connectivity index (χ1n) is 6.03. The van der Waals surface area contributed by atoms with E-state index in [-0.39, 0.29) is 11.9 Å². The van der Waals surface area contributed by atoms with Gasteiger partial charge in [0.1, 0.15) is 6.61 Å². The summed E-state index contributed by atoms with van der Waals surface area (Å²) in [6, 6.07) is 6.41. The molecule has 0 spiro atoms. The summed E-state index contributed by atoms with van der Waals surface area (Å²) in [5.41, 5.74) is 0. The van der Waals surface area contributed by atoms with Gasteiger partial charge in [-0.05, 0) is 31.5 Å². The maximum absolute atomic E-state index is 13.2. The fourth-order valence-corrected chi connectivity index (χ4v) is 2.08. The van der Waals surface area contributed by atoms with Crippen LogP contribution >= 0.6 is 0 Å². The van der Waals surface area contributed by atoms with Crippen molar-refractivity contribution >= 4 is 0 Å². The van der Waals surface area contributed by atoms with E-state index in [0.717, 1.165) is 25.9 Å². The minimum absolute atomic E-state index is 0.225. The number of hydrogen-bond acceptors (Lipinski definition) is 3. The Balaban J connectivity index is 1.74. The van der Waals surface area contributed by atoms with E-state index in [1.807, 2.05) is 0 Å². The monoisotopic (exact) mass is 239 g/mol. The Morgan fingerprint density at radius 2 is 2.24 bits per heavy atom. The molecule has 1 aliphatic rings. The summed E-state index contributed by atoms with van der Waals surface area (Å²) in [5.74, 6) is -0.0313. The second kappa shape index (κ2) is 5.98. The van der Waals surface area contributed by atoms with Gasteiger partial charge in [-0.15, -0.1) is 0 Å². The molecule has 0 saturated carbocycles. The summed E-state index contributed by atoms with van der Waals surface area (Å²) in [7, 11) is 0. The molecule has 0 aliphatic carbocycles. The second-order valence-corrected chi connectivity index (χ2v) is 4.38. The van der Waals surface area contributed by atoms with Gasteiger partial charge in [-0.25, -0.2) is 4.39 Å². The number of hydrogen-bond donors (Lipinski definition) is 1. The van der Waals surface area contributed by atoms with Crippen molar-refractivity contribution in [3.05, 3.63) is 30.1 Å². The highest BCUT2D eigenvalue weighted by atomic mass is 19.1. The van der Waals surface area contributed by atoms with Crippen molar-refractivity contribution in [2.75, 3.05) is 26.2 Å². The maximum atomic E-state index is 13.2. The third-order valence-corrected chi connectivity index (χ3v) is 2.98. The minimum Gasteiger partial charge on any atom is -0.489 e. The molecule has 94 valence electrons. The number of nitrogens with zero attached hydrogens (tertiary/aromatic N) is 1. The largest absolute Gasteiger partial charge is 0.489 e. The van der Waals surface area contributed by atoms with E-state index in [1.54, 1.807) is 18.2 Å². The lowest BCUT2D eigenvalue weighted by atomic mass is 10.1. The molecule has 3 nitrogen and oxygen atoms in total. The summed E-state index contributed by atoms with van der Waals surface area (Å²) in [6.45, 7) is 2.86. The first-order valence-corrected chi connectivity index (χ1v) is 6.03. The molecular weight excluding hydrogens is 221 g/mol. The normalized spacial score (nSPS) is 21.4. The van der Waals surface area contributed by atoms with Crippen molar-refractivity contribution in [1.29, 1.82) is 0 Å². The second-order valence-electron chi connectivity index (χ2n) is 4.38. The molecule has 0 unspecified atom stereocenters. The minimum atomic E-state index is -0.328. The molecule has 0 aromatic heterocycles. The number of piperidine rings is 1. The lowest BCUT2D eigenvalue weighted by Gasteiger charge is -2.29. The number of rotatable bonds is 4. The topological polar surface area (TPSA) is 32.7 Å². The van der Waals surface area contributed by atoms with E-state index in [9.17, 15) is 9.50 Å². The zero-order valence-electron chi connectivity index (χ0n) is 9.81. The van der Waals surface area contributed by atoms with Gasteiger partial charge in [0.05, 0.1) is 6.10 Å². The number of aliphatic hydroxyl groups is 1. The van der Waals surface area contributed by atoms with Crippen LogP contribution in [-0.4, -0.2) is 42.4 Å². The molecule has 0 radical (unpaired) electrons. The number of para-hydroxylation sites is 1. The van der Waals surface area contributed by atoms with Gasteiger partial charge in [0.15, 0.2) is 11.6 Å². The van der Waals surface area contributed by atoms with Gasteiger partial charge in [-0.3, -0.25) is 4.90 Å². The smallest absolute Gasteiger partial charge is 0.165 e. The molecule has 0 amide bonds. The van der Waals surface area contributed by atoms with Crippen molar-refractivity contribution in [3.8, 4) is 5.75 Å². The van der Waals surface area contributed by atoms with Crippen LogP contribution in [0.5, 0.6) is 5.75 Å². The Bertz CT molecular complexity index is 359. The third-order valence-electron chi connectivity index (χ3n) is 2.98. The molecule has 1 fully saturated rings. The van der Waals surface area contributed by atoms with Crippen molar-refractivity contribution in [3.63, 3.8) is 0 Å². The predicted molar refractivity (Wildman–Crippen MR) is 63.6 cm³/mol. The van der Waals surface area contributed by atoms with E-state index < -0.39 is 0 Å². The molecule has 17 heavy (non-hydrogen) atoms. The molecule has 2 rings (SSSR count). The van der Waals surface area contributed by atoms with Crippen LogP contribution in [0.1, 0.15) is 12.8 Å². The van der Waals surface area contributed by atoms with Crippen molar-refractivity contribution in [2.45, 2.75) is 18.9 Å². The van der Waals surface area contributed by atoms with Crippen LogP contribution in [0.25, 0.3) is 0 Å². The average Bonchev–Trinajstić information content (AvgIpc) is 2.32. The Morgan fingerprint density at radius 3 is 3.00 bits per heavy atom. The summed E-state index contributed by atoms with van der Waals surface area (Å²) in [4.78, 5) is 2.15. The number of benzene rings is 1. The van der Waals surface area contributed by atoms with Crippen LogP contribution in [0.2, 0.25) is 0 Å². The van der Waals surface area contributed by atoms with Gasteiger partial charge in [0.2, 0.25) is 0 Å². The number of ether oxygens (including phenoxy) is 1. The van der Waals surface area contributed by atoms with E-state index in [2.05, 4.69) is 4.90 Å². The van der Waals surface area contributed by atoms with Crippen LogP contribution in [0, 0.1) is 5.82 Å². The molecule has 4 heteroatoms. The van der Waals surface area contributed by atoms with E-state index in [1.165, 1.54) is 6.07 Å². The van der Waals surface area contributed by atoms with E-state index >= 15 is 0 Å². The first kappa shape index (κ1) is 12.3. The van der Waals surface area contributed by atoms with Crippen LogP contribution in [0.3, 0.4) is 0 Å². The van der Waals surface area contributed by atoms with Gasteiger partial charge >= 0.3 is 0 Å². The molecule has 1 N–H and O–H groups in total. The summed E-state index contributed by atoms with van der Waals surface area (Å²) >= 11 is 0. The molecule has 1 atom stereocenters. The average molecular weight is 239 g/mol. The summed E-state index contributed by atoms with van der Waals surface area (Å²) in [5, 5.41) is 9.50. The maximum Gasteiger partial charge on any atom is 0.165 e. The predicted octanol–water partition coefficient (Wildman–Crippen LogP) is 1.66. The SMILES string of the molecule is O[C@H]1CCCN(CCOc2ccccc2F)C1. The Kier molecular flexibility index (Phi) is 4.34. The van der Waals surface area contributed by atoms with Crippen molar-refractivity contribution < 1.29 is 14.2 Å². The fraction of sp³-hybridized carbons (Fsp3) is 0.538. The lowest BCUT2D eigenvalue weighted by molar-refractivity contribution is 0.0629. The Hall–Kier alpha value is -1.13. The van der Waals surface area contributed by atoms with Crippen LogP contribution in [-0.2, 0) is 0 Å². The molecule has 0 bridgehead atoms. The van der Waals surface area contributed by atoms with Gasteiger partial charge in [0.25, 0.3) is 0 Å². The number of β-amino-alcohol motifs (C(OH)–C–C–N with tert-alkyl or cyclic N) is 1. The number of aliphatic hydroxyl groups excluding tert-OH is 1. The Labute approximate surface area is 101 Å². The van der Waals surface area contributed by atoms with Crippen LogP contribution in [0.15, 0.2) is 24.3 Å². The molecular formula is C13H18FNO2. The molecule has 1 heterocycles.